The van der Waals surface area contributed by atoms with E-state index in [-0.39, 0.29) is 11.9 Å². The molecule has 3 aromatic rings. The molecular weight excluding hydrogens is 483 g/mol. The second-order valence-electron chi connectivity index (χ2n) is 9.13. The smallest absolute Gasteiger partial charge is 0.416 e. The fourth-order valence-electron chi connectivity index (χ4n) is 4.63. The summed E-state index contributed by atoms with van der Waals surface area (Å²) in [4.78, 5) is 21.3. The first-order valence-corrected chi connectivity index (χ1v) is 12.3. The number of carbonyl (C=O) groups excluding carboxylic acids is 1. The average molecular weight is 514 g/mol. The van der Waals surface area contributed by atoms with E-state index >= 15 is 0 Å². The normalized spacial score (nSPS) is 16.7. The molecule has 6 nitrogen and oxygen atoms in total. The number of benzene rings is 2. The standard InChI is InChI=1S/C28H30F3N3O3/c1-5-37-27(35)19-11-9-18(10-12-19)22-14-23-24(15-25(22)36-4)33-17(3)34-26(23)32-16(2)20-7-6-8-21(13-20)28(29,30)31/h6-9,13-16,19H,5,10-12H2,1-4H3,(H,32,33,34)/t16-,19?/m1/s1. The van der Waals surface area contributed by atoms with E-state index < -0.39 is 17.8 Å². The number of halogens is 3. The molecular formula is C28H30F3N3O3. The molecule has 37 heavy (non-hydrogen) atoms. The lowest BCUT2D eigenvalue weighted by molar-refractivity contribution is -0.148. The summed E-state index contributed by atoms with van der Waals surface area (Å²) in [6, 6.07) is 8.62. The molecule has 0 aliphatic heterocycles. The molecule has 2 atom stereocenters. The number of aryl methyl sites for hydroxylation is 1. The quantitative estimate of drug-likeness (QED) is 0.347. The zero-order valence-electron chi connectivity index (χ0n) is 21.3. The Hall–Kier alpha value is -3.62. The van der Waals surface area contributed by atoms with Crippen LogP contribution in [-0.4, -0.2) is 29.7 Å². The molecule has 9 heteroatoms. The van der Waals surface area contributed by atoms with Crippen LogP contribution in [0.2, 0.25) is 0 Å². The number of allylic oxidation sites excluding steroid dienone is 2. The SMILES string of the molecule is CCOC(=O)C1CC=C(c2cc3c(N[C@H](C)c4cccc(C(F)(F)F)c4)nc(C)nc3cc2OC)CC1. The third-order valence-corrected chi connectivity index (χ3v) is 6.57. The van der Waals surface area contributed by atoms with Gasteiger partial charge in [-0.1, -0.05) is 18.2 Å². The third-order valence-electron chi connectivity index (χ3n) is 6.57. The molecule has 4 rings (SSSR count). The van der Waals surface area contributed by atoms with Crippen LogP contribution in [0.25, 0.3) is 16.5 Å². The summed E-state index contributed by atoms with van der Waals surface area (Å²) in [6.07, 6.45) is -0.436. The number of anilines is 1. The van der Waals surface area contributed by atoms with E-state index in [4.69, 9.17) is 9.47 Å². The molecule has 2 aromatic carbocycles. The Morgan fingerprint density at radius 1 is 1.22 bits per heavy atom. The molecule has 0 saturated carbocycles. The third kappa shape index (κ3) is 5.87. The maximum absolute atomic E-state index is 13.2. The minimum absolute atomic E-state index is 0.160. The van der Waals surface area contributed by atoms with Gasteiger partial charge >= 0.3 is 12.1 Å². The number of nitrogens with one attached hydrogen (secondary N) is 1. The molecule has 0 bridgehead atoms. The molecule has 0 fully saturated rings. The molecule has 1 unspecified atom stereocenters. The van der Waals surface area contributed by atoms with Crippen molar-refractivity contribution in [2.45, 2.75) is 52.3 Å². The van der Waals surface area contributed by atoms with E-state index in [0.29, 0.717) is 54.3 Å². The van der Waals surface area contributed by atoms with Crippen molar-refractivity contribution in [2.75, 3.05) is 19.0 Å². The summed E-state index contributed by atoms with van der Waals surface area (Å²) >= 11 is 0. The second-order valence-corrected chi connectivity index (χ2v) is 9.13. The fourth-order valence-corrected chi connectivity index (χ4v) is 4.63. The van der Waals surface area contributed by atoms with Gasteiger partial charge in [0.2, 0.25) is 0 Å². The highest BCUT2D eigenvalue weighted by Gasteiger charge is 2.31. The summed E-state index contributed by atoms with van der Waals surface area (Å²) < 4.78 is 50.6. The van der Waals surface area contributed by atoms with Crippen molar-refractivity contribution in [3.05, 3.63) is 65.0 Å². The number of hydrogen-bond donors (Lipinski definition) is 1. The van der Waals surface area contributed by atoms with Crippen LogP contribution in [0.1, 0.15) is 61.7 Å². The highest BCUT2D eigenvalue weighted by atomic mass is 19.4. The first kappa shape index (κ1) is 26.4. The van der Waals surface area contributed by atoms with Crippen molar-refractivity contribution in [3.63, 3.8) is 0 Å². The van der Waals surface area contributed by atoms with Crippen molar-refractivity contribution in [3.8, 4) is 5.75 Å². The highest BCUT2D eigenvalue weighted by Crippen LogP contribution is 2.39. The molecule has 196 valence electrons. The molecule has 0 radical (unpaired) electrons. The number of esters is 1. The number of methoxy groups -OCH3 is 1. The minimum Gasteiger partial charge on any atom is -0.496 e. The Balaban J connectivity index is 1.69. The van der Waals surface area contributed by atoms with Crippen molar-refractivity contribution in [1.29, 1.82) is 0 Å². The van der Waals surface area contributed by atoms with Crippen LogP contribution in [0.4, 0.5) is 19.0 Å². The maximum Gasteiger partial charge on any atom is 0.416 e. The van der Waals surface area contributed by atoms with Crippen LogP contribution in [0.3, 0.4) is 0 Å². The van der Waals surface area contributed by atoms with E-state index in [0.717, 1.165) is 28.7 Å². The number of nitrogens with zero attached hydrogens (tertiary/aromatic N) is 2. The largest absolute Gasteiger partial charge is 0.496 e. The number of alkyl halides is 3. The van der Waals surface area contributed by atoms with Gasteiger partial charge in [0.15, 0.2) is 0 Å². The molecule has 1 aliphatic rings. The average Bonchev–Trinajstić information content (AvgIpc) is 2.87. The highest BCUT2D eigenvalue weighted by molar-refractivity contribution is 5.94. The lowest BCUT2D eigenvalue weighted by atomic mass is 9.86. The van der Waals surface area contributed by atoms with Gasteiger partial charge in [0.05, 0.1) is 30.7 Å². The molecule has 1 heterocycles. The number of ether oxygens (including phenoxy) is 2. The zero-order valence-corrected chi connectivity index (χ0v) is 21.3. The number of fused-ring (bicyclic) bond motifs is 1. The number of hydrogen-bond acceptors (Lipinski definition) is 6. The number of aromatic nitrogens is 2. The van der Waals surface area contributed by atoms with E-state index in [9.17, 15) is 18.0 Å². The van der Waals surface area contributed by atoms with E-state index in [1.807, 2.05) is 18.2 Å². The first-order valence-electron chi connectivity index (χ1n) is 12.3. The zero-order chi connectivity index (χ0) is 26.7. The van der Waals surface area contributed by atoms with Gasteiger partial charge in [-0.15, -0.1) is 0 Å². The van der Waals surface area contributed by atoms with Crippen molar-refractivity contribution < 1.29 is 27.4 Å². The van der Waals surface area contributed by atoms with Crippen molar-refractivity contribution in [1.82, 2.24) is 9.97 Å². The first-order chi connectivity index (χ1) is 17.6. The van der Waals surface area contributed by atoms with E-state index in [1.165, 1.54) is 6.07 Å². The van der Waals surface area contributed by atoms with Crippen LogP contribution < -0.4 is 10.1 Å². The Kier molecular flexibility index (Phi) is 7.71. The second kappa shape index (κ2) is 10.8. The van der Waals surface area contributed by atoms with Crippen LogP contribution >= 0.6 is 0 Å². The molecule has 1 N–H and O–H groups in total. The molecule has 1 aromatic heterocycles. The van der Waals surface area contributed by atoms with E-state index in [1.54, 1.807) is 33.9 Å². The summed E-state index contributed by atoms with van der Waals surface area (Å²) in [6.45, 7) is 5.71. The summed E-state index contributed by atoms with van der Waals surface area (Å²) in [5.74, 6) is 1.37. The summed E-state index contributed by atoms with van der Waals surface area (Å²) in [5.41, 5.74) is 2.39. The predicted octanol–water partition coefficient (Wildman–Crippen LogP) is 6.89. The van der Waals surface area contributed by atoms with Crippen molar-refractivity contribution >= 4 is 28.3 Å². The van der Waals surface area contributed by atoms with Crippen LogP contribution in [0, 0.1) is 12.8 Å². The maximum atomic E-state index is 13.2. The Morgan fingerprint density at radius 3 is 2.65 bits per heavy atom. The van der Waals surface area contributed by atoms with Crippen LogP contribution in [-0.2, 0) is 15.7 Å². The van der Waals surface area contributed by atoms with Gasteiger partial charge in [0.1, 0.15) is 17.4 Å². The van der Waals surface area contributed by atoms with Crippen LogP contribution in [0.5, 0.6) is 5.75 Å². The molecule has 0 saturated heterocycles. The van der Waals surface area contributed by atoms with Gasteiger partial charge in [-0.3, -0.25) is 4.79 Å². The molecule has 0 spiro atoms. The Labute approximate surface area is 213 Å². The topological polar surface area (TPSA) is 73.3 Å². The molecule has 0 amide bonds. The van der Waals surface area contributed by atoms with Crippen molar-refractivity contribution in [2.24, 2.45) is 5.92 Å². The van der Waals surface area contributed by atoms with E-state index in [2.05, 4.69) is 15.3 Å². The van der Waals surface area contributed by atoms with Gasteiger partial charge in [-0.2, -0.15) is 13.2 Å². The van der Waals surface area contributed by atoms with Gasteiger partial charge in [0.25, 0.3) is 0 Å². The summed E-state index contributed by atoms with van der Waals surface area (Å²) in [7, 11) is 1.60. The lowest BCUT2D eigenvalue weighted by Gasteiger charge is -2.23. The number of rotatable bonds is 7. The Bertz CT molecular complexity index is 1340. The van der Waals surface area contributed by atoms with Gasteiger partial charge in [0, 0.05) is 23.1 Å². The lowest BCUT2D eigenvalue weighted by Crippen LogP contribution is -2.19. The van der Waals surface area contributed by atoms with Crippen LogP contribution in [0.15, 0.2) is 42.5 Å². The number of carbonyl (C=O) groups is 1. The minimum atomic E-state index is -4.42. The van der Waals surface area contributed by atoms with Gasteiger partial charge < -0.3 is 14.8 Å². The monoisotopic (exact) mass is 513 g/mol. The fraction of sp³-hybridized carbons (Fsp3) is 0.393. The van der Waals surface area contributed by atoms with Gasteiger partial charge in [-0.05, 0) is 69.4 Å². The predicted molar refractivity (Wildman–Crippen MR) is 136 cm³/mol. The summed E-state index contributed by atoms with van der Waals surface area (Å²) in [5, 5.41) is 4.01. The Morgan fingerprint density at radius 2 is 2.00 bits per heavy atom. The van der Waals surface area contributed by atoms with Gasteiger partial charge in [-0.25, -0.2) is 9.97 Å². The molecule has 1 aliphatic carbocycles.